The first kappa shape index (κ1) is 27.0. The van der Waals surface area contributed by atoms with Crippen molar-refractivity contribution in [2.24, 2.45) is 0 Å². The molecule has 33 heavy (non-hydrogen) atoms. The number of carbonyl (C=O) groups excluding carboxylic acids is 2. The van der Waals surface area contributed by atoms with Crippen molar-refractivity contribution in [2.75, 3.05) is 6.61 Å². The number of amides is 2. The third-order valence-electron chi connectivity index (χ3n) is 5.65. The van der Waals surface area contributed by atoms with Gasteiger partial charge < -0.3 is 15.0 Å². The Morgan fingerprint density at radius 1 is 1.00 bits per heavy atom. The van der Waals surface area contributed by atoms with Gasteiger partial charge in [0.2, 0.25) is 5.91 Å². The van der Waals surface area contributed by atoms with Crippen LogP contribution < -0.4 is 10.1 Å². The summed E-state index contributed by atoms with van der Waals surface area (Å²) in [7, 11) is 0. The molecule has 0 bridgehead atoms. The highest BCUT2D eigenvalue weighted by atomic mass is 35.5. The first-order chi connectivity index (χ1) is 15.7. The van der Waals surface area contributed by atoms with E-state index in [1.54, 1.807) is 18.2 Å². The summed E-state index contributed by atoms with van der Waals surface area (Å²) >= 11 is 12.4. The van der Waals surface area contributed by atoms with Crippen molar-refractivity contribution in [1.29, 1.82) is 0 Å². The van der Waals surface area contributed by atoms with Gasteiger partial charge in [-0.25, -0.2) is 0 Å². The topological polar surface area (TPSA) is 58.6 Å². The highest BCUT2D eigenvalue weighted by Crippen LogP contribution is 2.24. The zero-order chi connectivity index (χ0) is 24.5. The zero-order valence-electron chi connectivity index (χ0n) is 20.0. The number of rotatable bonds is 11. The van der Waals surface area contributed by atoms with Crippen LogP contribution in [-0.2, 0) is 16.1 Å². The Bertz CT molecular complexity index is 932. The van der Waals surface area contributed by atoms with Gasteiger partial charge in [0.1, 0.15) is 11.8 Å². The summed E-state index contributed by atoms with van der Waals surface area (Å²) in [5.41, 5.74) is 1.91. The summed E-state index contributed by atoms with van der Waals surface area (Å²) in [6.45, 7) is 10.1. The summed E-state index contributed by atoms with van der Waals surface area (Å²) in [5, 5.41) is 3.95. The molecule has 2 aromatic carbocycles. The van der Waals surface area contributed by atoms with E-state index in [2.05, 4.69) is 19.2 Å². The van der Waals surface area contributed by atoms with Gasteiger partial charge in [0, 0.05) is 22.6 Å². The number of carbonyl (C=O) groups is 2. The number of nitrogens with zero attached hydrogens (tertiary/aromatic N) is 1. The molecule has 0 aromatic heterocycles. The first-order valence-electron chi connectivity index (χ1n) is 11.4. The fraction of sp³-hybridized carbons (Fsp3) is 0.462. The van der Waals surface area contributed by atoms with Gasteiger partial charge in [-0.3, -0.25) is 9.59 Å². The highest BCUT2D eigenvalue weighted by Gasteiger charge is 2.30. The third kappa shape index (κ3) is 7.94. The number of hydrogen-bond donors (Lipinski definition) is 1. The van der Waals surface area contributed by atoms with Crippen LogP contribution in [0.25, 0.3) is 0 Å². The highest BCUT2D eigenvalue weighted by molar-refractivity contribution is 6.35. The molecule has 0 unspecified atom stereocenters. The second-order valence-corrected chi connectivity index (χ2v) is 9.36. The summed E-state index contributed by atoms with van der Waals surface area (Å²) in [4.78, 5) is 27.8. The molecule has 180 valence electrons. The van der Waals surface area contributed by atoms with E-state index in [1.165, 1.54) is 10.5 Å². The molecule has 0 aliphatic rings. The molecule has 0 fully saturated rings. The van der Waals surface area contributed by atoms with Crippen LogP contribution in [0.15, 0.2) is 42.5 Å². The van der Waals surface area contributed by atoms with Crippen LogP contribution in [0, 0.1) is 0 Å². The maximum atomic E-state index is 13.3. The fourth-order valence-electron chi connectivity index (χ4n) is 3.37. The van der Waals surface area contributed by atoms with Gasteiger partial charge in [0.25, 0.3) is 5.91 Å². The zero-order valence-corrected chi connectivity index (χ0v) is 21.5. The van der Waals surface area contributed by atoms with E-state index < -0.39 is 6.04 Å². The van der Waals surface area contributed by atoms with E-state index in [-0.39, 0.29) is 31.0 Å². The summed E-state index contributed by atoms with van der Waals surface area (Å²) < 4.78 is 5.77. The van der Waals surface area contributed by atoms with E-state index in [0.717, 1.165) is 6.42 Å². The lowest BCUT2D eigenvalue weighted by molar-refractivity contribution is -0.143. The van der Waals surface area contributed by atoms with E-state index >= 15 is 0 Å². The van der Waals surface area contributed by atoms with E-state index in [0.29, 0.717) is 33.7 Å². The summed E-state index contributed by atoms with van der Waals surface area (Å²) in [6, 6.07) is 12.2. The Balaban J connectivity index is 2.23. The monoisotopic (exact) mass is 492 g/mol. The molecule has 0 heterocycles. The average molecular weight is 493 g/mol. The molecule has 2 aromatic rings. The van der Waals surface area contributed by atoms with Crippen molar-refractivity contribution in [3.8, 4) is 5.75 Å². The van der Waals surface area contributed by atoms with Crippen LogP contribution in [0.4, 0.5) is 0 Å². The van der Waals surface area contributed by atoms with Gasteiger partial charge in [0.05, 0.1) is 0 Å². The van der Waals surface area contributed by atoms with E-state index in [9.17, 15) is 9.59 Å². The molecule has 2 rings (SSSR count). The summed E-state index contributed by atoms with van der Waals surface area (Å²) in [6.07, 6.45) is 1.26. The molecule has 2 amide bonds. The molecular formula is C26H34Cl2N2O3. The van der Waals surface area contributed by atoms with Gasteiger partial charge in [-0.15, -0.1) is 0 Å². The van der Waals surface area contributed by atoms with Gasteiger partial charge >= 0.3 is 0 Å². The number of halogens is 2. The second kappa shape index (κ2) is 12.9. The Labute approximate surface area is 207 Å². The molecular weight excluding hydrogens is 459 g/mol. The number of benzene rings is 2. The molecule has 0 spiro atoms. The minimum Gasteiger partial charge on any atom is -0.484 e. The van der Waals surface area contributed by atoms with Gasteiger partial charge in [-0.2, -0.15) is 0 Å². The lowest BCUT2D eigenvalue weighted by atomic mass is 10.0. The van der Waals surface area contributed by atoms with Crippen LogP contribution in [-0.4, -0.2) is 35.4 Å². The SMILES string of the molecule is CC[C@H](C)NC(=O)[C@H](CC)N(Cc1ccc(Cl)cc1Cl)C(=O)COc1ccc(C(C)C)cc1. The minimum absolute atomic E-state index is 0.0124. The standard InChI is InChI=1S/C26H34Cl2N2O3/c1-6-18(5)29-26(32)24(7-2)30(15-20-8-11-21(27)14-23(20)28)25(31)16-33-22-12-9-19(10-13-22)17(3)4/h8-14,17-18,24H,6-7,15-16H2,1-5H3,(H,29,32)/t18-,24-/m0/s1. The maximum Gasteiger partial charge on any atom is 0.261 e. The van der Waals surface area contributed by atoms with Crippen molar-refractivity contribution in [3.05, 3.63) is 63.6 Å². The molecule has 5 nitrogen and oxygen atoms in total. The smallest absolute Gasteiger partial charge is 0.261 e. The van der Waals surface area contributed by atoms with Crippen LogP contribution in [0.1, 0.15) is 64.5 Å². The van der Waals surface area contributed by atoms with Crippen molar-refractivity contribution < 1.29 is 14.3 Å². The third-order valence-corrected chi connectivity index (χ3v) is 6.24. The van der Waals surface area contributed by atoms with Crippen LogP contribution >= 0.6 is 23.2 Å². The largest absolute Gasteiger partial charge is 0.484 e. The molecule has 0 aliphatic heterocycles. The van der Waals surface area contributed by atoms with Crippen LogP contribution in [0.5, 0.6) is 5.75 Å². The predicted molar refractivity (Wildman–Crippen MR) is 135 cm³/mol. The van der Waals surface area contributed by atoms with E-state index in [1.807, 2.05) is 45.0 Å². The molecule has 0 aliphatic carbocycles. The van der Waals surface area contributed by atoms with Crippen molar-refractivity contribution in [1.82, 2.24) is 10.2 Å². The first-order valence-corrected chi connectivity index (χ1v) is 12.2. The molecule has 0 radical (unpaired) electrons. The molecule has 0 saturated heterocycles. The quantitative estimate of drug-likeness (QED) is 0.405. The minimum atomic E-state index is -0.648. The van der Waals surface area contributed by atoms with Gasteiger partial charge in [-0.05, 0) is 61.1 Å². The lowest BCUT2D eigenvalue weighted by Crippen LogP contribution is -2.51. The van der Waals surface area contributed by atoms with Crippen molar-refractivity contribution in [3.63, 3.8) is 0 Å². The average Bonchev–Trinajstić information content (AvgIpc) is 2.78. The Morgan fingerprint density at radius 3 is 2.21 bits per heavy atom. The van der Waals surface area contributed by atoms with Crippen molar-refractivity contribution in [2.45, 2.75) is 72.0 Å². The number of nitrogens with one attached hydrogen (secondary N) is 1. The predicted octanol–water partition coefficient (Wildman–Crippen LogP) is 6.22. The van der Waals surface area contributed by atoms with Crippen LogP contribution in [0.3, 0.4) is 0 Å². The van der Waals surface area contributed by atoms with Crippen molar-refractivity contribution >= 4 is 35.0 Å². The summed E-state index contributed by atoms with van der Waals surface area (Å²) in [5.74, 6) is 0.538. The molecule has 1 N–H and O–H groups in total. The Kier molecular flexibility index (Phi) is 10.5. The van der Waals surface area contributed by atoms with Crippen LogP contribution in [0.2, 0.25) is 10.0 Å². The Hall–Kier alpha value is -2.24. The van der Waals surface area contributed by atoms with Gasteiger partial charge in [0.15, 0.2) is 6.61 Å². The van der Waals surface area contributed by atoms with Gasteiger partial charge in [-0.1, -0.05) is 69.1 Å². The molecule has 0 saturated carbocycles. The van der Waals surface area contributed by atoms with E-state index in [4.69, 9.17) is 27.9 Å². The lowest BCUT2D eigenvalue weighted by Gasteiger charge is -2.31. The second-order valence-electron chi connectivity index (χ2n) is 8.51. The molecule has 7 heteroatoms. The number of ether oxygens (including phenoxy) is 1. The normalized spacial score (nSPS) is 12.8. The fourth-order valence-corrected chi connectivity index (χ4v) is 3.84. The number of hydrogen-bond acceptors (Lipinski definition) is 3. The molecule has 2 atom stereocenters. The maximum absolute atomic E-state index is 13.3. The Morgan fingerprint density at radius 2 is 1.67 bits per heavy atom.